The Balaban J connectivity index is 1.39. The number of nitrogens with zero attached hydrogens (tertiary/aromatic N) is 4. The Morgan fingerprint density at radius 3 is 2.96 bits per heavy atom. The molecule has 0 spiro atoms. The van der Waals surface area contributed by atoms with E-state index in [0.29, 0.717) is 24.4 Å². The quantitative estimate of drug-likeness (QED) is 0.869. The Hall–Kier alpha value is -2.18. The highest BCUT2D eigenvalue weighted by molar-refractivity contribution is 5.38. The zero-order valence-corrected chi connectivity index (χ0v) is 15.5. The van der Waals surface area contributed by atoms with Crippen LogP contribution in [0.3, 0.4) is 0 Å². The largest absolute Gasteiger partial charge is 0.508 e. The van der Waals surface area contributed by atoms with Crippen molar-refractivity contribution in [2.45, 2.75) is 56.8 Å². The minimum absolute atomic E-state index is 0.271. The van der Waals surface area contributed by atoms with Gasteiger partial charge in [-0.1, -0.05) is 12.1 Å². The third-order valence-electron chi connectivity index (χ3n) is 6.27. The van der Waals surface area contributed by atoms with Gasteiger partial charge in [0.1, 0.15) is 5.75 Å². The Kier molecular flexibility index (Phi) is 4.25. The van der Waals surface area contributed by atoms with E-state index in [2.05, 4.69) is 20.9 Å². The Bertz CT molecular complexity index is 843. The number of phenolic OH excluding ortho intramolecular Hbond substituents is 1. The summed E-state index contributed by atoms with van der Waals surface area (Å²) in [5, 5.41) is 19.7. The number of hydrogen-bond acceptors (Lipinski definition) is 6. The van der Waals surface area contributed by atoms with Gasteiger partial charge in [0.05, 0.1) is 11.8 Å². The van der Waals surface area contributed by atoms with Crippen LogP contribution in [0.1, 0.15) is 48.5 Å². The van der Waals surface area contributed by atoms with Crippen molar-refractivity contribution < 1.29 is 10.2 Å². The van der Waals surface area contributed by atoms with Crippen molar-refractivity contribution >= 4 is 5.95 Å². The maximum atomic E-state index is 9.95. The van der Waals surface area contributed by atoms with Crippen molar-refractivity contribution in [3.05, 3.63) is 47.3 Å². The molecule has 2 saturated heterocycles. The van der Waals surface area contributed by atoms with E-state index in [1.165, 1.54) is 17.7 Å². The van der Waals surface area contributed by atoms with Crippen LogP contribution in [0.4, 0.5) is 5.95 Å². The fourth-order valence-corrected chi connectivity index (χ4v) is 4.96. The monoisotopic (exact) mass is 366 g/mol. The van der Waals surface area contributed by atoms with Gasteiger partial charge in [0, 0.05) is 49.9 Å². The Labute approximate surface area is 159 Å². The van der Waals surface area contributed by atoms with E-state index >= 15 is 0 Å². The van der Waals surface area contributed by atoms with E-state index in [9.17, 15) is 10.2 Å². The molecule has 142 valence electrons. The number of aromatic hydroxyl groups is 1. The zero-order chi connectivity index (χ0) is 18.4. The van der Waals surface area contributed by atoms with Crippen molar-refractivity contribution in [2.24, 2.45) is 0 Å². The Morgan fingerprint density at radius 1 is 1.19 bits per heavy atom. The second kappa shape index (κ2) is 6.77. The van der Waals surface area contributed by atoms with Crippen LogP contribution in [0.2, 0.25) is 0 Å². The number of phenols is 1. The number of aliphatic hydroxyl groups excluding tert-OH is 1. The molecule has 6 nitrogen and oxygen atoms in total. The van der Waals surface area contributed by atoms with E-state index in [-0.39, 0.29) is 6.10 Å². The summed E-state index contributed by atoms with van der Waals surface area (Å²) in [5.41, 5.74) is 3.58. The van der Waals surface area contributed by atoms with Crippen LogP contribution in [0, 0.1) is 0 Å². The highest BCUT2D eigenvalue weighted by atomic mass is 16.3. The summed E-state index contributed by atoms with van der Waals surface area (Å²) in [6.07, 6.45) is 6.88. The lowest BCUT2D eigenvalue weighted by atomic mass is 9.98. The number of hydrogen-bond donors (Lipinski definition) is 2. The lowest BCUT2D eigenvalue weighted by Gasteiger charge is -2.36. The number of piperidine rings is 1. The molecular weight excluding hydrogens is 340 g/mol. The molecular formula is C21H26N4O2. The normalized spacial score (nSPS) is 27.6. The van der Waals surface area contributed by atoms with Gasteiger partial charge < -0.3 is 15.1 Å². The first kappa shape index (κ1) is 17.0. The standard InChI is InChI=1S/C21H26N4O2/c26-16-4-1-3-14(9-16)12-25-15-6-7-20(25)18-11-22-21(23-19(18)10-15)24-8-2-5-17(27)13-24/h1,3-4,9,11,15,17,20,26-27H,2,5-8,10,12-13H2/t15-,17+,20-/m0/s1. The number of rotatable bonds is 3. The summed E-state index contributed by atoms with van der Waals surface area (Å²) in [4.78, 5) is 14.2. The molecule has 1 aromatic heterocycles. The molecule has 2 bridgehead atoms. The molecule has 0 unspecified atom stereocenters. The number of aliphatic hydroxyl groups is 1. The number of aromatic nitrogens is 2. The molecule has 2 N–H and O–H groups in total. The fraction of sp³-hybridized carbons (Fsp3) is 0.524. The number of fused-ring (bicyclic) bond motifs is 4. The van der Waals surface area contributed by atoms with E-state index in [4.69, 9.17) is 4.98 Å². The summed E-state index contributed by atoms with van der Waals surface area (Å²) in [6, 6.07) is 8.43. The average Bonchev–Trinajstić information content (AvgIpc) is 2.93. The minimum Gasteiger partial charge on any atom is -0.508 e. The SMILES string of the molecule is Oc1cccc(CN2[C@H]3CC[C@H]2c2cnc(N4CCC[C@@H](O)C4)nc2C3)c1. The van der Waals surface area contributed by atoms with E-state index < -0.39 is 0 Å². The highest BCUT2D eigenvalue weighted by Gasteiger charge is 2.41. The molecule has 3 aliphatic heterocycles. The van der Waals surface area contributed by atoms with Crippen LogP contribution in [0.25, 0.3) is 0 Å². The second-order valence-electron chi connectivity index (χ2n) is 8.11. The molecule has 6 heteroatoms. The topological polar surface area (TPSA) is 72.7 Å². The first-order valence-electron chi connectivity index (χ1n) is 10.00. The molecule has 3 atom stereocenters. The van der Waals surface area contributed by atoms with Gasteiger partial charge in [-0.15, -0.1) is 0 Å². The van der Waals surface area contributed by atoms with Crippen molar-refractivity contribution in [3.8, 4) is 5.75 Å². The third-order valence-corrected chi connectivity index (χ3v) is 6.27. The van der Waals surface area contributed by atoms with Gasteiger partial charge >= 0.3 is 0 Å². The van der Waals surface area contributed by atoms with E-state index in [1.54, 1.807) is 6.07 Å². The molecule has 0 radical (unpaired) electrons. The van der Waals surface area contributed by atoms with Gasteiger partial charge in [-0.2, -0.15) is 0 Å². The van der Waals surface area contributed by atoms with Crippen LogP contribution in [0.5, 0.6) is 5.75 Å². The lowest BCUT2D eigenvalue weighted by molar-refractivity contribution is 0.153. The molecule has 2 fully saturated rings. The number of benzene rings is 1. The molecule has 2 aromatic rings. The number of anilines is 1. The summed E-state index contributed by atoms with van der Waals surface area (Å²) in [7, 11) is 0. The van der Waals surface area contributed by atoms with Crippen LogP contribution in [-0.2, 0) is 13.0 Å². The van der Waals surface area contributed by atoms with Gasteiger partial charge in [-0.3, -0.25) is 4.90 Å². The van der Waals surface area contributed by atoms with Crippen molar-refractivity contribution in [1.29, 1.82) is 0 Å². The minimum atomic E-state index is -0.271. The number of β-amino-alcohol motifs (C(OH)–C–C–N with tert-alkyl or cyclic N) is 1. The van der Waals surface area contributed by atoms with Crippen molar-refractivity contribution in [2.75, 3.05) is 18.0 Å². The summed E-state index contributed by atoms with van der Waals surface area (Å²) < 4.78 is 0. The predicted molar refractivity (Wildman–Crippen MR) is 103 cm³/mol. The molecule has 27 heavy (non-hydrogen) atoms. The molecule has 3 aliphatic rings. The van der Waals surface area contributed by atoms with Crippen LogP contribution in [0.15, 0.2) is 30.5 Å². The zero-order valence-electron chi connectivity index (χ0n) is 15.5. The summed E-state index contributed by atoms with van der Waals surface area (Å²) in [6.45, 7) is 2.41. The summed E-state index contributed by atoms with van der Waals surface area (Å²) >= 11 is 0. The molecule has 0 aliphatic carbocycles. The first-order valence-corrected chi connectivity index (χ1v) is 10.00. The molecule has 4 heterocycles. The fourth-order valence-electron chi connectivity index (χ4n) is 4.96. The second-order valence-corrected chi connectivity index (χ2v) is 8.11. The smallest absolute Gasteiger partial charge is 0.225 e. The van der Waals surface area contributed by atoms with Crippen LogP contribution in [-0.4, -0.2) is 50.3 Å². The van der Waals surface area contributed by atoms with Gasteiger partial charge in [-0.05, 0) is 43.4 Å². The Morgan fingerprint density at radius 2 is 2.11 bits per heavy atom. The van der Waals surface area contributed by atoms with Gasteiger partial charge in [0.15, 0.2) is 0 Å². The van der Waals surface area contributed by atoms with Gasteiger partial charge in [0.2, 0.25) is 5.95 Å². The van der Waals surface area contributed by atoms with Crippen molar-refractivity contribution in [3.63, 3.8) is 0 Å². The third kappa shape index (κ3) is 3.17. The lowest BCUT2D eigenvalue weighted by Crippen LogP contribution is -2.40. The van der Waals surface area contributed by atoms with E-state index in [0.717, 1.165) is 50.3 Å². The molecule has 5 rings (SSSR count). The molecule has 0 saturated carbocycles. The summed E-state index contributed by atoms with van der Waals surface area (Å²) in [5.74, 6) is 1.10. The molecule has 0 amide bonds. The van der Waals surface area contributed by atoms with Crippen LogP contribution < -0.4 is 4.90 Å². The van der Waals surface area contributed by atoms with Crippen molar-refractivity contribution in [1.82, 2.24) is 14.9 Å². The predicted octanol–water partition coefficient (Wildman–Crippen LogP) is 2.41. The highest BCUT2D eigenvalue weighted by Crippen LogP contribution is 2.44. The average molecular weight is 366 g/mol. The van der Waals surface area contributed by atoms with E-state index in [1.807, 2.05) is 18.3 Å². The van der Waals surface area contributed by atoms with Gasteiger partial charge in [0.25, 0.3) is 0 Å². The van der Waals surface area contributed by atoms with Gasteiger partial charge in [-0.25, -0.2) is 9.97 Å². The maximum Gasteiger partial charge on any atom is 0.225 e. The molecule has 1 aromatic carbocycles. The maximum absolute atomic E-state index is 9.95. The first-order chi connectivity index (χ1) is 13.2. The van der Waals surface area contributed by atoms with Crippen LogP contribution >= 0.6 is 0 Å².